The van der Waals surface area contributed by atoms with Gasteiger partial charge in [-0.25, -0.2) is 0 Å². The van der Waals surface area contributed by atoms with Crippen LogP contribution in [0.15, 0.2) is 71.7 Å². The van der Waals surface area contributed by atoms with Gasteiger partial charge in [0.15, 0.2) is 0 Å². The second kappa shape index (κ2) is 9.66. The van der Waals surface area contributed by atoms with E-state index in [2.05, 4.69) is 49.2 Å². The number of rotatable bonds is 7. The fraction of sp³-hybridized carbons (Fsp3) is 0.240. The van der Waals surface area contributed by atoms with E-state index in [0.717, 1.165) is 35.2 Å². The van der Waals surface area contributed by atoms with E-state index < -0.39 is 0 Å². The number of aromatic hydroxyl groups is 1. The molecule has 2 unspecified atom stereocenters. The van der Waals surface area contributed by atoms with Crippen LogP contribution in [0.3, 0.4) is 0 Å². The molecule has 2 atom stereocenters. The predicted octanol–water partition coefficient (Wildman–Crippen LogP) is 6.60. The Kier molecular flexibility index (Phi) is 7.01. The molecule has 1 N–H and O–H groups in total. The van der Waals surface area contributed by atoms with Crippen LogP contribution in [-0.2, 0) is 0 Å². The minimum absolute atomic E-state index is 0.315. The zero-order valence-corrected chi connectivity index (χ0v) is 17.8. The van der Waals surface area contributed by atoms with Gasteiger partial charge in [-0.15, -0.1) is 0 Å². The molecule has 0 saturated heterocycles. The molecule has 0 spiro atoms. The van der Waals surface area contributed by atoms with Crippen LogP contribution in [0.5, 0.6) is 5.75 Å². The Labute approximate surface area is 170 Å². The van der Waals surface area contributed by atoms with Crippen LogP contribution in [0, 0.1) is 13.8 Å². The molecule has 0 aliphatic carbocycles. The van der Waals surface area contributed by atoms with Crippen LogP contribution in [0.25, 0.3) is 0 Å². The molecule has 3 aromatic carbocycles. The third-order valence-electron chi connectivity index (χ3n) is 4.83. The average Bonchev–Trinajstić information content (AvgIpc) is 2.70. The van der Waals surface area contributed by atoms with Gasteiger partial charge in [0.05, 0.1) is 5.69 Å². The van der Waals surface area contributed by atoms with Gasteiger partial charge in [-0.1, -0.05) is 82.1 Å². The van der Waals surface area contributed by atoms with Gasteiger partial charge in [0.2, 0.25) is 0 Å². The molecule has 0 aliphatic rings. The number of phenols is 1. The van der Waals surface area contributed by atoms with Gasteiger partial charge in [0.25, 0.3) is 0 Å². The SMILES string of the molecule is CCCC(Pc1ccccc1C=Nc1ccccc1)c1cc(C)cc(C)c1O. The quantitative estimate of drug-likeness (QED) is 0.358. The van der Waals surface area contributed by atoms with E-state index >= 15 is 0 Å². The molecule has 0 amide bonds. The second-order valence-electron chi connectivity index (χ2n) is 7.19. The maximum absolute atomic E-state index is 10.7. The fourth-order valence-corrected chi connectivity index (χ4v) is 5.13. The molecule has 0 heterocycles. The van der Waals surface area contributed by atoms with Gasteiger partial charge in [-0.3, -0.25) is 4.99 Å². The van der Waals surface area contributed by atoms with Crippen molar-refractivity contribution < 1.29 is 5.11 Å². The highest BCUT2D eigenvalue weighted by atomic mass is 31.1. The van der Waals surface area contributed by atoms with Crippen LogP contribution < -0.4 is 5.30 Å². The van der Waals surface area contributed by atoms with E-state index in [-0.39, 0.29) is 0 Å². The van der Waals surface area contributed by atoms with Gasteiger partial charge in [-0.2, -0.15) is 0 Å². The van der Waals surface area contributed by atoms with Crippen molar-refractivity contribution >= 4 is 25.8 Å². The lowest BCUT2D eigenvalue weighted by Gasteiger charge is -2.21. The van der Waals surface area contributed by atoms with Gasteiger partial charge >= 0.3 is 0 Å². The molecule has 0 aromatic heterocycles. The smallest absolute Gasteiger partial charge is 0.122 e. The third-order valence-corrected chi connectivity index (χ3v) is 6.54. The second-order valence-corrected chi connectivity index (χ2v) is 8.71. The number of aliphatic imine (C=N–C) groups is 1. The van der Waals surface area contributed by atoms with Gasteiger partial charge in [0.1, 0.15) is 5.75 Å². The fourth-order valence-electron chi connectivity index (χ4n) is 3.44. The van der Waals surface area contributed by atoms with Crippen LogP contribution in [-0.4, -0.2) is 11.3 Å². The summed E-state index contributed by atoms with van der Waals surface area (Å²) < 4.78 is 0. The van der Waals surface area contributed by atoms with Crippen LogP contribution in [0.1, 0.15) is 47.7 Å². The topological polar surface area (TPSA) is 32.6 Å². The number of hydrogen-bond donors (Lipinski definition) is 1. The summed E-state index contributed by atoms with van der Waals surface area (Å²) in [6.45, 7) is 6.29. The third kappa shape index (κ3) is 5.09. The first kappa shape index (κ1) is 20.3. The Morgan fingerprint density at radius 1 is 1.00 bits per heavy atom. The highest BCUT2D eigenvalue weighted by Gasteiger charge is 2.18. The lowest BCUT2D eigenvalue weighted by Crippen LogP contribution is -2.07. The minimum Gasteiger partial charge on any atom is -0.507 e. The van der Waals surface area contributed by atoms with Crippen molar-refractivity contribution in [2.75, 3.05) is 0 Å². The molecule has 0 bridgehead atoms. The van der Waals surface area contributed by atoms with E-state index in [9.17, 15) is 5.11 Å². The monoisotopic (exact) mass is 389 g/mol. The maximum Gasteiger partial charge on any atom is 0.122 e. The van der Waals surface area contributed by atoms with Crippen molar-refractivity contribution in [3.63, 3.8) is 0 Å². The summed E-state index contributed by atoms with van der Waals surface area (Å²) in [5.41, 5.74) is 5.66. The molecule has 0 saturated carbocycles. The normalized spacial score (nSPS) is 12.8. The summed E-state index contributed by atoms with van der Waals surface area (Å²) in [4.78, 5) is 4.64. The number of phenolic OH excluding ortho intramolecular Hbond substituents is 1. The van der Waals surface area contributed by atoms with Crippen molar-refractivity contribution in [1.82, 2.24) is 0 Å². The summed E-state index contributed by atoms with van der Waals surface area (Å²) in [6.07, 6.45) is 4.10. The molecular formula is C25H28NOP. The van der Waals surface area contributed by atoms with Crippen molar-refractivity contribution in [2.24, 2.45) is 4.99 Å². The van der Waals surface area contributed by atoms with E-state index in [1.54, 1.807) is 0 Å². The average molecular weight is 389 g/mol. The lowest BCUT2D eigenvalue weighted by atomic mass is 10.0. The molecule has 0 aliphatic heterocycles. The summed E-state index contributed by atoms with van der Waals surface area (Å²) in [7, 11) is 0.584. The van der Waals surface area contributed by atoms with Crippen molar-refractivity contribution in [3.8, 4) is 5.75 Å². The van der Waals surface area contributed by atoms with Crippen molar-refractivity contribution in [1.29, 1.82) is 0 Å². The Balaban J connectivity index is 1.92. The molecular weight excluding hydrogens is 361 g/mol. The Bertz CT molecular complexity index is 950. The largest absolute Gasteiger partial charge is 0.507 e. The first-order valence-corrected chi connectivity index (χ1v) is 10.9. The highest BCUT2D eigenvalue weighted by Crippen LogP contribution is 2.43. The molecule has 144 valence electrons. The summed E-state index contributed by atoms with van der Waals surface area (Å²) >= 11 is 0. The Morgan fingerprint density at radius 3 is 2.46 bits per heavy atom. The predicted molar refractivity (Wildman–Crippen MR) is 123 cm³/mol. The first-order valence-electron chi connectivity index (χ1n) is 9.83. The lowest BCUT2D eigenvalue weighted by molar-refractivity contribution is 0.461. The number of aryl methyl sites for hydroxylation is 2. The van der Waals surface area contributed by atoms with E-state index in [4.69, 9.17) is 0 Å². The summed E-state index contributed by atoms with van der Waals surface area (Å²) in [6, 6.07) is 22.7. The zero-order chi connectivity index (χ0) is 19.9. The summed E-state index contributed by atoms with van der Waals surface area (Å²) in [5, 5.41) is 12.0. The molecule has 2 nitrogen and oxygen atoms in total. The van der Waals surface area contributed by atoms with Crippen LogP contribution >= 0.6 is 8.58 Å². The van der Waals surface area contributed by atoms with Gasteiger partial charge in [0, 0.05) is 23.0 Å². The molecule has 28 heavy (non-hydrogen) atoms. The summed E-state index contributed by atoms with van der Waals surface area (Å²) in [5.74, 6) is 0.451. The number of nitrogens with zero attached hydrogens (tertiary/aromatic N) is 1. The molecule has 0 radical (unpaired) electrons. The number of para-hydroxylation sites is 1. The zero-order valence-electron chi connectivity index (χ0n) is 16.8. The molecule has 3 rings (SSSR count). The molecule has 3 heteroatoms. The molecule has 0 fully saturated rings. The van der Waals surface area contributed by atoms with Crippen molar-refractivity contribution in [2.45, 2.75) is 39.3 Å². The number of benzene rings is 3. The Hall–Kier alpha value is -2.44. The standard InChI is InChI=1S/C25H28NOP/c1-4-10-24(22-16-18(2)15-19(3)25(22)27)28-23-14-9-8-11-20(23)17-26-21-12-6-5-7-13-21/h5-9,11-17,24,27-28H,4,10H2,1-3H3. The number of hydrogen-bond acceptors (Lipinski definition) is 2. The van der Waals surface area contributed by atoms with Gasteiger partial charge < -0.3 is 5.11 Å². The Morgan fingerprint density at radius 2 is 1.71 bits per heavy atom. The molecule has 3 aromatic rings. The van der Waals surface area contributed by atoms with E-state index in [1.165, 1.54) is 10.9 Å². The van der Waals surface area contributed by atoms with E-state index in [0.29, 0.717) is 20.0 Å². The first-order chi connectivity index (χ1) is 13.6. The maximum atomic E-state index is 10.7. The highest BCUT2D eigenvalue weighted by molar-refractivity contribution is 7.47. The van der Waals surface area contributed by atoms with Crippen molar-refractivity contribution in [3.05, 3.63) is 89.0 Å². The van der Waals surface area contributed by atoms with Gasteiger partial charge in [-0.05, 0) is 43.3 Å². The van der Waals surface area contributed by atoms with Crippen LogP contribution in [0.4, 0.5) is 5.69 Å². The van der Waals surface area contributed by atoms with E-state index in [1.807, 2.05) is 49.5 Å². The van der Waals surface area contributed by atoms with Crippen LogP contribution in [0.2, 0.25) is 0 Å². The minimum atomic E-state index is 0.315.